The van der Waals surface area contributed by atoms with Gasteiger partial charge in [-0.05, 0) is 75.4 Å². The van der Waals surface area contributed by atoms with Crippen molar-refractivity contribution in [2.75, 3.05) is 11.4 Å². The van der Waals surface area contributed by atoms with E-state index in [-0.39, 0.29) is 17.6 Å². The third kappa shape index (κ3) is 3.58. The first-order valence-corrected chi connectivity index (χ1v) is 11.9. The van der Waals surface area contributed by atoms with E-state index in [1.54, 1.807) is 64.3 Å². The quantitative estimate of drug-likeness (QED) is 0.325. The summed E-state index contributed by atoms with van der Waals surface area (Å²) in [6.07, 6.45) is 5.26. The number of aromatic amines is 1. The van der Waals surface area contributed by atoms with Crippen LogP contribution in [0, 0.1) is 6.92 Å². The van der Waals surface area contributed by atoms with Gasteiger partial charge in [0.25, 0.3) is 5.91 Å². The number of ketones is 1. The van der Waals surface area contributed by atoms with Crippen molar-refractivity contribution < 1.29 is 14.7 Å². The van der Waals surface area contributed by atoms with Crippen LogP contribution in [0.3, 0.4) is 0 Å². The predicted octanol–water partition coefficient (Wildman–Crippen LogP) is 4.35. The second kappa shape index (κ2) is 8.12. The highest BCUT2D eigenvalue weighted by Crippen LogP contribution is 2.36. The maximum Gasteiger partial charge on any atom is 0.278 e. The van der Waals surface area contributed by atoms with Crippen LogP contribution >= 0.6 is 0 Å². The maximum absolute atomic E-state index is 13.3. The van der Waals surface area contributed by atoms with Crippen LogP contribution in [-0.2, 0) is 5.66 Å². The molecule has 2 aromatic heterocycles. The maximum atomic E-state index is 13.3. The van der Waals surface area contributed by atoms with Crippen molar-refractivity contribution >= 4 is 40.3 Å². The summed E-state index contributed by atoms with van der Waals surface area (Å²) >= 11 is 0. The average Bonchev–Trinajstić information content (AvgIpc) is 3.63. The summed E-state index contributed by atoms with van der Waals surface area (Å²) in [5.41, 5.74) is 3.49. The molecule has 0 atom stereocenters. The normalized spacial score (nSPS) is 16.2. The Hall–Kier alpha value is -4.79. The van der Waals surface area contributed by atoms with E-state index in [1.807, 2.05) is 32.9 Å². The smallest absolute Gasteiger partial charge is 0.278 e. The number of carbonyl (C=O) groups excluding carboxylic acids is 2. The molecule has 0 radical (unpaired) electrons. The van der Waals surface area contributed by atoms with E-state index in [0.29, 0.717) is 51.4 Å². The highest BCUT2D eigenvalue weighted by Gasteiger charge is 2.45. The van der Waals surface area contributed by atoms with E-state index < -0.39 is 5.66 Å². The highest BCUT2D eigenvalue weighted by atomic mass is 16.3. The largest absolute Gasteiger partial charge is 0.494 e. The van der Waals surface area contributed by atoms with Crippen molar-refractivity contribution in [3.63, 3.8) is 0 Å². The Balaban J connectivity index is 1.29. The first-order chi connectivity index (χ1) is 17.7. The molecular formula is C28H24N6O3. The Labute approximate surface area is 212 Å². The summed E-state index contributed by atoms with van der Waals surface area (Å²) < 4.78 is 1.74. The van der Waals surface area contributed by atoms with Crippen LogP contribution in [0.4, 0.5) is 5.69 Å². The number of aromatic hydroxyl groups is 1. The van der Waals surface area contributed by atoms with Crippen LogP contribution in [0.15, 0.2) is 70.7 Å². The Morgan fingerprint density at radius 1 is 1.14 bits per heavy atom. The fourth-order valence-corrected chi connectivity index (χ4v) is 4.93. The van der Waals surface area contributed by atoms with E-state index in [9.17, 15) is 14.7 Å². The SMILES string of the molecule is Cc1cc2n(n1)C(C)(C)N(c1ccc(C(=O)c3ccc4[nH]c(O)c(C=NC5=NCC=C5)c4c3)cc1)C2=O. The minimum Gasteiger partial charge on any atom is -0.494 e. The fourth-order valence-electron chi connectivity index (χ4n) is 4.93. The molecule has 1 amide bonds. The molecule has 184 valence electrons. The van der Waals surface area contributed by atoms with E-state index in [4.69, 9.17) is 0 Å². The molecule has 2 aliphatic rings. The van der Waals surface area contributed by atoms with Gasteiger partial charge in [0.1, 0.15) is 17.2 Å². The Morgan fingerprint density at radius 3 is 2.59 bits per heavy atom. The Kier molecular flexibility index (Phi) is 4.98. The molecule has 37 heavy (non-hydrogen) atoms. The lowest BCUT2D eigenvalue weighted by Crippen LogP contribution is -2.43. The lowest BCUT2D eigenvalue weighted by atomic mass is 10.0. The second-order valence-electron chi connectivity index (χ2n) is 9.60. The number of hydrogen-bond donors (Lipinski definition) is 2. The summed E-state index contributed by atoms with van der Waals surface area (Å²) in [5, 5.41) is 15.6. The van der Waals surface area contributed by atoms with Gasteiger partial charge in [0.2, 0.25) is 0 Å². The molecule has 4 aromatic rings. The third-order valence-electron chi connectivity index (χ3n) is 6.74. The van der Waals surface area contributed by atoms with Crippen LogP contribution in [0.5, 0.6) is 5.88 Å². The zero-order chi connectivity index (χ0) is 25.9. The van der Waals surface area contributed by atoms with Crippen LogP contribution < -0.4 is 4.90 Å². The first-order valence-electron chi connectivity index (χ1n) is 11.9. The number of rotatable bonds is 4. The molecule has 0 aliphatic carbocycles. The number of benzene rings is 2. The van der Waals surface area contributed by atoms with Gasteiger partial charge < -0.3 is 10.1 Å². The number of hydrogen-bond acceptors (Lipinski definition) is 6. The van der Waals surface area contributed by atoms with E-state index >= 15 is 0 Å². The predicted molar refractivity (Wildman–Crippen MR) is 142 cm³/mol. The Bertz CT molecular complexity index is 1680. The molecule has 9 nitrogen and oxygen atoms in total. The highest BCUT2D eigenvalue weighted by molar-refractivity contribution is 6.14. The molecule has 0 spiro atoms. The van der Waals surface area contributed by atoms with Gasteiger partial charge >= 0.3 is 0 Å². The summed E-state index contributed by atoms with van der Waals surface area (Å²) in [7, 11) is 0. The van der Waals surface area contributed by atoms with Gasteiger partial charge in [-0.1, -0.05) is 6.08 Å². The standard InChI is InChI=1S/C28H24N6O3/c1-16-13-23-27(37)33(28(2,3)34(23)32-16)19-9-6-17(7-10-19)25(35)18-8-11-22-20(14-18)21(26(36)31-22)15-30-24-5-4-12-29-24/h4-11,13-15,31,36H,12H2,1-3H3. The van der Waals surface area contributed by atoms with Gasteiger partial charge in [-0.25, -0.2) is 9.67 Å². The third-order valence-corrected chi connectivity index (χ3v) is 6.74. The molecule has 9 heteroatoms. The monoisotopic (exact) mass is 492 g/mol. The molecule has 4 heterocycles. The van der Waals surface area contributed by atoms with Gasteiger partial charge in [-0.2, -0.15) is 5.10 Å². The van der Waals surface area contributed by atoms with Crippen molar-refractivity contribution in [1.29, 1.82) is 0 Å². The van der Waals surface area contributed by atoms with Gasteiger partial charge in [-0.3, -0.25) is 19.5 Å². The zero-order valence-corrected chi connectivity index (χ0v) is 20.6. The summed E-state index contributed by atoms with van der Waals surface area (Å²) in [4.78, 5) is 39.6. The number of amides is 1. The number of H-pyrrole nitrogens is 1. The number of carbonyl (C=O) groups is 2. The summed E-state index contributed by atoms with van der Waals surface area (Å²) in [6.45, 7) is 6.33. The molecule has 6 rings (SSSR count). The minimum absolute atomic E-state index is 0.0247. The molecular weight excluding hydrogens is 468 g/mol. The van der Waals surface area contributed by atoms with Crippen molar-refractivity contribution in [3.05, 3.63) is 88.8 Å². The number of aryl methyl sites for hydroxylation is 1. The average molecular weight is 493 g/mol. The van der Waals surface area contributed by atoms with Crippen molar-refractivity contribution in [2.24, 2.45) is 9.98 Å². The molecule has 2 aromatic carbocycles. The number of fused-ring (bicyclic) bond motifs is 2. The summed E-state index contributed by atoms with van der Waals surface area (Å²) in [6, 6.07) is 14.0. The topological polar surface area (TPSA) is 116 Å². The lowest BCUT2D eigenvalue weighted by molar-refractivity contribution is 0.0979. The number of aliphatic imine (C=N–C) groups is 2. The second-order valence-corrected chi connectivity index (χ2v) is 9.60. The van der Waals surface area contributed by atoms with Crippen LogP contribution in [0.1, 0.15) is 51.5 Å². The van der Waals surface area contributed by atoms with Gasteiger partial charge in [0.15, 0.2) is 11.7 Å². The summed E-state index contributed by atoms with van der Waals surface area (Å²) in [5.74, 6) is 0.258. The molecule has 0 fully saturated rings. The van der Waals surface area contributed by atoms with Gasteiger partial charge in [-0.15, -0.1) is 0 Å². The van der Waals surface area contributed by atoms with Crippen molar-refractivity contribution in [2.45, 2.75) is 26.4 Å². The number of aromatic nitrogens is 3. The molecule has 0 bridgehead atoms. The molecule has 2 N–H and O–H groups in total. The van der Waals surface area contributed by atoms with Crippen molar-refractivity contribution in [3.8, 4) is 5.88 Å². The number of amidine groups is 1. The molecule has 0 unspecified atom stereocenters. The number of anilines is 1. The van der Waals surface area contributed by atoms with Gasteiger partial charge in [0, 0.05) is 33.9 Å². The van der Waals surface area contributed by atoms with E-state index in [1.165, 1.54) is 0 Å². The van der Waals surface area contributed by atoms with Crippen molar-refractivity contribution in [1.82, 2.24) is 14.8 Å². The van der Waals surface area contributed by atoms with Crippen LogP contribution in [0.25, 0.3) is 10.9 Å². The molecule has 2 aliphatic heterocycles. The number of nitrogens with zero attached hydrogens (tertiary/aromatic N) is 5. The molecule has 0 saturated heterocycles. The van der Waals surface area contributed by atoms with Crippen LogP contribution in [0.2, 0.25) is 0 Å². The lowest BCUT2D eigenvalue weighted by Gasteiger charge is -2.32. The number of nitrogens with one attached hydrogen (secondary N) is 1. The van der Waals surface area contributed by atoms with Gasteiger partial charge in [0.05, 0.1) is 17.8 Å². The van der Waals surface area contributed by atoms with E-state index in [0.717, 1.165) is 5.69 Å². The minimum atomic E-state index is -0.675. The molecule has 0 saturated carbocycles. The zero-order valence-electron chi connectivity index (χ0n) is 20.6. The van der Waals surface area contributed by atoms with Crippen LogP contribution in [-0.4, -0.2) is 50.2 Å². The van der Waals surface area contributed by atoms with E-state index in [2.05, 4.69) is 20.1 Å². The Morgan fingerprint density at radius 2 is 1.89 bits per heavy atom. The fraction of sp³-hybridized carbons (Fsp3) is 0.179. The first kappa shape index (κ1) is 22.7.